The number of anilines is 2. The molecule has 0 aromatic heterocycles. The smallest absolute Gasteiger partial charge is 0.255 e. The molecule has 6 heteroatoms. The van der Waals surface area contributed by atoms with Crippen molar-refractivity contribution < 1.29 is 13.6 Å². The van der Waals surface area contributed by atoms with Gasteiger partial charge >= 0.3 is 0 Å². The van der Waals surface area contributed by atoms with Crippen molar-refractivity contribution in [3.8, 4) is 0 Å². The molecule has 0 heterocycles. The number of rotatable bonds is 3. The first-order valence-electron chi connectivity index (χ1n) is 5.72. The van der Waals surface area contributed by atoms with Gasteiger partial charge in [0.1, 0.15) is 5.69 Å². The van der Waals surface area contributed by atoms with E-state index in [1.807, 2.05) is 6.26 Å². The molecule has 0 unspecified atom stereocenters. The Balaban J connectivity index is 2.25. The fourth-order valence-electron chi connectivity index (χ4n) is 1.62. The molecule has 0 aliphatic heterocycles. The van der Waals surface area contributed by atoms with E-state index >= 15 is 0 Å². The lowest BCUT2D eigenvalue weighted by molar-refractivity contribution is 0.102. The van der Waals surface area contributed by atoms with E-state index in [9.17, 15) is 13.6 Å². The summed E-state index contributed by atoms with van der Waals surface area (Å²) in [6.07, 6.45) is 1.91. The molecule has 3 N–H and O–H groups in total. The number of nitrogen functional groups attached to an aromatic ring is 1. The first-order valence-corrected chi connectivity index (χ1v) is 6.94. The van der Waals surface area contributed by atoms with Crippen LogP contribution in [0.5, 0.6) is 0 Å². The summed E-state index contributed by atoms with van der Waals surface area (Å²) in [5.74, 6) is -2.78. The van der Waals surface area contributed by atoms with Crippen LogP contribution in [-0.2, 0) is 0 Å². The van der Waals surface area contributed by atoms with Crippen LogP contribution in [0.15, 0.2) is 41.3 Å². The molecule has 0 radical (unpaired) electrons. The molecule has 104 valence electrons. The highest BCUT2D eigenvalue weighted by Crippen LogP contribution is 2.25. The quantitative estimate of drug-likeness (QED) is 0.672. The minimum atomic E-state index is -1.17. The van der Waals surface area contributed by atoms with Gasteiger partial charge < -0.3 is 11.1 Å². The summed E-state index contributed by atoms with van der Waals surface area (Å²) in [5, 5.41) is 2.29. The van der Waals surface area contributed by atoms with Crippen LogP contribution in [-0.4, -0.2) is 12.2 Å². The Morgan fingerprint density at radius 2 is 1.80 bits per heavy atom. The maximum atomic E-state index is 13.6. The number of hydrogen-bond donors (Lipinski definition) is 2. The van der Waals surface area contributed by atoms with Crippen LogP contribution in [0.1, 0.15) is 10.4 Å². The third-order valence-electron chi connectivity index (χ3n) is 2.72. The SMILES string of the molecule is CSc1ccc(C(=O)Nc2c(N)ccc(F)c2F)cc1. The van der Waals surface area contributed by atoms with Crippen molar-refractivity contribution in [2.24, 2.45) is 0 Å². The van der Waals surface area contributed by atoms with Crippen LogP contribution in [0.3, 0.4) is 0 Å². The van der Waals surface area contributed by atoms with Gasteiger partial charge in [0.2, 0.25) is 0 Å². The predicted octanol–water partition coefficient (Wildman–Crippen LogP) is 3.52. The van der Waals surface area contributed by atoms with E-state index in [0.29, 0.717) is 5.56 Å². The standard InChI is InChI=1S/C14H12F2N2OS/c1-20-9-4-2-8(3-5-9)14(19)18-13-11(17)7-6-10(15)12(13)16/h2-7H,17H2,1H3,(H,18,19). The Bertz CT molecular complexity index is 644. The van der Waals surface area contributed by atoms with Crippen molar-refractivity contribution in [2.45, 2.75) is 4.90 Å². The molecular formula is C14H12F2N2OS. The predicted molar refractivity (Wildman–Crippen MR) is 76.9 cm³/mol. The van der Waals surface area contributed by atoms with Gasteiger partial charge in [-0.1, -0.05) is 0 Å². The number of carbonyl (C=O) groups excluding carboxylic acids is 1. The second-order valence-electron chi connectivity index (χ2n) is 4.01. The average molecular weight is 294 g/mol. The highest BCUT2D eigenvalue weighted by atomic mass is 32.2. The molecule has 0 aliphatic rings. The largest absolute Gasteiger partial charge is 0.397 e. The Labute approximate surface area is 119 Å². The summed E-state index contributed by atoms with van der Waals surface area (Å²) < 4.78 is 26.7. The molecule has 0 aliphatic carbocycles. The number of carbonyl (C=O) groups is 1. The lowest BCUT2D eigenvalue weighted by Gasteiger charge is -2.10. The van der Waals surface area contributed by atoms with Gasteiger partial charge in [-0.2, -0.15) is 0 Å². The van der Waals surface area contributed by atoms with Gasteiger partial charge in [0.25, 0.3) is 5.91 Å². The van der Waals surface area contributed by atoms with Crippen molar-refractivity contribution in [3.63, 3.8) is 0 Å². The maximum Gasteiger partial charge on any atom is 0.255 e. The van der Waals surface area contributed by atoms with Crippen LogP contribution < -0.4 is 11.1 Å². The Kier molecular flexibility index (Phi) is 4.24. The fourth-order valence-corrected chi connectivity index (χ4v) is 2.03. The van der Waals surface area contributed by atoms with E-state index in [2.05, 4.69) is 5.32 Å². The number of hydrogen-bond acceptors (Lipinski definition) is 3. The minimum Gasteiger partial charge on any atom is -0.397 e. The molecule has 3 nitrogen and oxygen atoms in total. The second kappa shape index (κ2) is 5.92. The summed E-state index contributed by atoms with van der Waals surface area (Å²) in [4.78, 5) is 13.0. The third-order valence-corrected chi connectivity index (χ3v) is 3.46. The zero-order valence-electron chi connectivity index (χ0n) is 10.6. The van der Waals surface area contributed by atoms with Crippen LogP contribution >= 0.6 is 11.8 Å². The summed E-state index contributed by atoms with van der Waals surface area (Å²) in [6.45, 7) is 0. The van der Waals surface area contributed by atoms with E-state index in [4.69, 9.17) is 5.73 Å². The summed E-state index contributed by atoms with van der Waals surface area (Å²) >= 11 is 1.54. The molecule has 0 bridgehead atoms. The number of thioether (sulfide) groups is 1. The summed E-state index contributed by atoms with van der Waals surface area (Å²) in [6, 6.07) is 8.86. The molecule has 2 rings (SSSR count). The van der Waals surface area contributed by atoms with E-state index in [1.54, 1.807) is 24.3 Å². The van der Waals surface area contributed by atoms with Crippen LogP contribution in [0.4, 0.5) is 20.2 Å². The number of benzene rings is 2. The zero-order valence-corrected chi connectivity index (χ0v) is 11.4. The molecule has 2 aromatic carbocycles. The monoisotopic (exact) mass is 294 g/mol. The molecule has 0 fully saturated rings. The molecule has 0 atom stereocenters. The Morgan fingerprint density at radius 1 is 1.15 bits per heavy atom. The maximum absolute atomic E-state index is 13.6. The number of amides is 1. The van der Waals surface area contributed by atoms with Gasteiger partial charge in [-0.3, -0.25) is 4.79 Å². The van der Waals surface area contributed by atoms with Crippen molar-refractivity contribution in [2.75, 3.05) is 17.3 Å². The molecule has 0 spiro atoms. The van der Waals surface area contributed by atoms with Gasteiger partial charge in [-0.05, 0) is 42.7 Å². The van der Waals surface area contributed by atoms with Gasteiger partial charge in [0.15, 0.2) is 11.6 Å². The number of halogens is 2. The minimum absolute atomic E-state index is 0.0296. The van der Waals surface area contributed by atoms with E-state index in [0.717, 1.165) is 11.0 Å². The molecule has 0 saturated carbocycles. The topological polar surface area (TPSA) is 55.1 Å². The van der Waals surface area contributed by atoms with Crippen molar-refractivity contribution in [1.29, 1.82) is 0 Å². The summed E-state index contributed by atoms with van der Waals surface area (Å²) in [5.41, 5.74) is 5.50. The van der Waals surface area contributed by atoms with E-state index in [-0.39, 0.29) is 11.4 Å². The van der Waals surface area contributed by atoms with Crippen LogP contribution in [0.2, 0.25) is 0 Å². The molecule has 0 saturated heterocycles. The first-order chi connectivity index (χ1) is 9.52. The van der Waals surface area contributed by atoms with Crippen molar-refractivity contribution >= 4 is 29.0 Å². The molecule has 1 amide bonds. The lowest BCUT2D eigenvalue weighted by atomic mass is 10.2. The Hall–Kier alpha value is -2.08. The van der Waals surface area contributed by atoms with Gasteiger partial charge in [0, 0.05) is 10.5 Å². The van der Waals surface area contributed by atoms with Gasteiger partial charge in [-0.25, -0.2) is 8.78 Å². The van der Waals surface area contributed by atoms with Crippen LogP contribution in [0, 0.1) is 11.6 Å². The highest BCUT2D eigenvalue weighted by molar-refractivity contribution is 7.98. The number of nitrogens with two attached hydrogens (primary N) is 1. The van der Waals surface area contributed by atoms with E-state index in [1.165, 1.54) is 17.8 Å². The van der Waals surface area contributed by atoms with E-state index < -0.39 is 17.5 Å². The zero-order chi connectivity index (χ0) is 14.7. The second-order valence-corrected chi connectivity index (χ2v) is 4.89. The summed E-state index contributed by atoms with van der Waals surface area (Å²) in [7, 11) is 0. The van der Waals surface area contributed by atoms with Crippen LogP contribution in [0.25, 0.3) is 0 Å². The third kappa shape index (κ3) is 2.91. The molecular weight excluding hydrogens is 282 g/mol. The van der Waals surface area contributed by atoms with Gasteiger partial charge in [0.05, 0.1) is 5.69 Å². The highest BCUT2D eigenvalue weighted by Gasteiger charge is 2.15. The fraction of sp³-hybridized carbons (Fsp3) is 0.0714. The van der Waals surface area contributed by atoms with Crippen molar-refractivity contribution in [1.82, 2.24) is 0 Å². The molecule has 20 heavy (non-hydrogen) atoms. The van der Waals surface area contributed by atoms with Gasteiger partial charge in [-0.15, -0.1) is 11.8 Å². The normalized spacial score (nSPS) is 10.3. The van der Waals surface area contributed by atoms with Crippen molar-refractivity contribution in [3.05, 3.63) is 53.6 Å². The molecule has 2 aromatic rings. The lowest BCUT2D eigenvalue weighted by Crippen LogP contribution is -2.15. The number of nitrogens with one attached hydrogen (secondary N) is 1. The average Bonchev–Trinajstić information content (AvgIpc) is 2.47. The first kappa shape index (κ1) is 14.3. The Morgan fingerprint density at radius 3 is 2.40 bits per heavy atom.